The third-order valence-corrected chi connectivity index (χ3v) is 4.44. The van der Waals surface area contributed by atoms with Gasteiger partial charge >= 0.3 is 0 Å². The van der Waals surface area contributed by atoms with Crippen LogP contribution in [0.3, 0.4) is 0 Å². The summed E-state index contributed by atoms with van der Waals surface area (Å²) in [5.74, 6) is 0.524. The van der Waals surface area contributed by atoms with Crippen molar-refractivity contribution in [3.63, 3.8) is 0 Å². The maximum absolute atomic E-state index is 12.0. The lowest BCUT2D eigenvalue weighted by Gasteiger charge is -2.10. The summed E-state index contributed by atoms with van der Waals surface area (Å²) in [6, 6.07) is 4.95. The molecule has 88 valence electrons. The van der Waals surface area contributed by atoms with Gasteiger partial charge in [-0.3, -0.25) is 0 Å². The topological polar surface area (TPSA) is 72.2 Å². The Labute approximate surface area is 95.9 Å². The van der Waals surface area contributed by atoms with Gasteiger partial charge < -0.3 is 5.73 Å². The molecule has 0 radical (unpaired) electrons. The standard InChI is InChI=1S/C11H16N2O2S/c1-8-10(12)3-2-4-11(8)16(14,15)13-7-9-5-6-9/h2-4,9,13H,5-7,12H2,1H3. The minimum atomic E-state index is -3.40. The quantitative estimate of drug-likeness (QED) is 0.778. The molecular formula is C11H16N2O2S. The van der Waals surface area contributed by atoms with E-state index in [9.17, 15) is 8.42 Å². The predicted molar refractivity (Wildman–Crippen MR) is 63.5 cm³/mol. The van der Waals surface area contributed by atoms with Crippen LogP contribution in [-0.4, -0.2) is 15.0 Å². The van der Waals surface area contributed by atoms with Crippen LogP contribution in [0.15, 0.2) is 23.1 Å². The highest BCUT2D eigenvalue weighted by molar-refractivity contribution is 7.89. The van der Waals surface area contributed by atoms with E-state index in [1.54, 1.807) is 25.1 Å². The van der Waals surface area contributed by atoms with Crippen molar-refractivity contribution in [3.05, 3.63) is 23.8 Å². The van der Waals surface area contributed by atoms with Crippen molar-refractivity contribution in [3.8, 4) is 0 Å². The Kier molecular flexibility index (Phi) is 2.90. The van der Waals surface area contributed by atoms with Gasteiger partial charge in [-0.15, -0.1) is 0 Å². The summed E-state index contributed by atoms with van der Waals surface area (Å²) in [6.07, 6.45) is 2.25. The van der Waals surface area contributed by atoms with E-state index in [-0.39, 0.29) is 4.90 Å². The number of hydrogen-bond acceptors (Lipinski definition) is 3. The van der Waals surface area contributed by atoms with Crippen LogP contribution < -0.4 is 10.5 Å². The van der Waals surface area contributed by atoms with Gasteiger partial charge in [0.1, 0.15) is 0 Å². The number of sulfonamides is 1. The molecule has 5 heteroatoms. The molecule has 0 unspecified atom stereocenters. The molecule has 1 saturated carbocycles. The summed E-state index contributed by atoms with van der Waals surface area (Å²) in [5, 5.41) is 0. The molecule has 1 fully saturated rings. The van der Waals surface area contributed by atoms with Crippen molar-refractivity contribution in [1.82, 2.24) is 4.72 Å². The molecular weight excluding hydrogens is 224 g/mol. The fourth-order valence-electron chi connectivity index (χ4n) is 1.55. The van der Waals surface area contributed by atoms with E-state index < -0.39 is 10.0 Å². The largest absolute Gasteiger partial charge is 0.398 e. The molecule has 0 bridgehead atoms. The summed E-state index contributed by atoms with van der Waals surface area (Å²) in [6.45, 7) is 2.26. The van der Waals surface area contributed by atoms with E-state index in [1.165, 1.54) is 0 Å². The molecule has 0 saturated heterocycles. The van der Waals surface area contributed by atoms with Crippen molar-refractivity contribution in [2.24, 2.45) is 5.92 Å². The number of benzene rings is 1. The monoisotopic (exact) mass is 240 g/mol. The first-order valence-electron chi connectivity index (χ1n) is 5.35. The Morgan fingerprint density at radius 1 is 1.44 bits per heavy atom. The van der Waals surface area contributed by atoms with Crippen LogP contribution in [0.5, 0.6) is 0 Å². The molecule has 4 nitrogen and oxygen atoms in total. The smallest absolute Gasteiger partial charge is 0.240 e. The highest BCUT2D eigenvalue weighted by Gasteiger charge is 2.25. The second-order valence-electron chi connectivity index (χ2n) is 4.27. The van der Waals surface area contributed by atoms with Gasteiger partial charge in [0.05, 0.1) is 4.90 Å². The number of nitrogens with two attached hydrogens (primary N) is 1. The first-order valence-corrected chi connectivity index (χ1v) is 6.84. The molecule has 0 aliphatic heterocycles. The molecule has 0 amide bonds. The molecule has 1 aromatic rings. The fourth-order valence-corrected chi connectivity index (χ4v) is 2.94. The number of hydrogen-bond donors (Lipinski definition) is 2. The van der Waals surface area contributed by atoms with Gasteiger partial charge in [-0.1, -0.05) is 6.07 Å². The van der Waals surface area contributed by atoms with E-state index >= 15 is 0 Å². The molecule has 0 aromatic heterocycles. The lowest BCUT2D eigenvalue weighted by Crippen LogP contribution is -2.26. The van der Waals surface area contributed by atoms with Crippen LogP contribution in [-0.2, 0) is 10.0 Å². The summed E-state index contributed by atoms with van der Waals surface area (Å²) >= 11 is 0. The second-order valence-corrected chi connectivity index (χ2v) is 6.00. The SMILES string of the molecule is Cc1c(N)cccc1S(=O)(=O)NCC1CC1. The predicted octanol–water partition coefficient (Wildman–Crippen LogP) is 1.27. The van der Waals surface area contributed by atoms with Crippen molar-refractivity contribution in [1.29, 1.82) is 0 Å². The van der Waals surface area contributed by atoms with Crippen LogP contribution in [0.25, 0.3) is 0 Å². The second kappa shape index (κ2) is 4.07. The molecule has 1 aliphatic rings. The van der Waals surface area contributed by atoms with Crippen LogP contribution >= 0.6 is 0 Å². The number of nitrogen functional groups attached to an aromatic ring is 1. The maximum Gasteiger partial charge on any atom is 0.240 e. The van der Waals surface area contributed by atoms with E-state index in [0.29, 0.717) is 23.7 Å². The average molecular weight is 240 g/mol. The zero-order valence-electron chi connectivity index (χ0n) is 9.23. The summed E-state index contributed by atoms with van der Waals surface area (Å²) in [5.41, 5.74) is 6.82. The number of anilines is 1. The summed E-state index contributed by atoms with van der Waals surface area (Å²) in [7, 11) is -3.40. The van der Waals surface area contributed by atoms with E-state index in [0.717, 1.165) is 12.8 Å². The molecule has 0 heterocycles. The lowest BCUT2D eigenvalue weighted by molar-refractivity contribution is 0.577. The average Bonchev–Trinajstić information content (AvgIpc) is 3.03. The van der Waals surface area contributed by atoms with Crippen molar-refractivity contribution in [2.75, 3.05) is 12.3 Å². The van der Waals surface area contributed by atoms with Crippen molar-refractivity contribution in [2.45, 2.75) is 24.7 Å². The van der Waals surface area contributed by atoms with E-state index in [2.05, 4.69) is 4.72 Å². The molecule has 0 spiro atoms. The molecule has 0 atom stereocenters. The maximum atomic E-state index is 12.0. The zero-order chi connectivity index (χ0) is 11.8. The minimum absolute atomic E-state index is 0.285. The van der Waals surface area contributed by atoms with Crippen LogP contribution in [0, 0.1) is 12.8 Å². The Morgan fingerprint density at radius 2 is 2.12 bits per heavy atom. The first kappa shape index (κ1) is 11.4. The Balaban J connectivity index is 2.23. The molecule has 2 rings (SSSR count). The van der Waals surface area contributed by atoms with Crippen LogP contribution in [0.1, 0.15) is 18.4 Å². The fraction of sp³-hybridized carbons (Fsp3) is 0.455. The van der Waals surface area contributed by atoms with Crippen molar-refractivity contribution < 1.29 is 8.42 Å². The summed E-state index contributed by atoms with van der Waals surface area (Å²) in [4.78, 5) is 0.285. The van der Waals surface area contributed by atoms with Gasteiger partial charge in [-0.2, -0.15) is 0 Å². The first-order chi connectivity index (χ1) is 7.50. The highest BCUT2D eigenvalue weighted by Crippen LogP contribution is 2.28. The zero-order valence-corrected chi connectivity index (χ0v) is 10.0. The van der Waals surface area contributed by atoms with Gasteiger partial charge in [0.2, 0.25) is 10.0 Å². The summed E-state index contributed by atoms with van der Waals surface area (Å²) < 4.78 is 26.6. The third kappa shape index (κ3) is 2.36. The Bertz CT molecular complexity index is 493. The highest BCUT2D eigenvalue weighted by atomic mass is 32.2. The third-order valence-electron chi connectivity index (χ3n) is 2.87. The minimum Gasteiger partial charge on any atom is -0.398 e. The van der Waals surface area contributed by atoms with Crippen LogP contribution in [0.4, 0.5) is 5.69 Å². The Morgan fingerprint density at radius 3 is 2.75 bits per heavy atom. The molecule has 1 aromatic carbocycles. The van der Waals surface area contributed by atoms with Gasteiger partial charge in [-0.25, -0.2) is 13.1 Å². The molecule has 16 heavy (non-hydrogen) atoms. The number of nitrogens with one attached hydrogen (secondary N) is 1. The van der Waals surface area contributed by atoms with Crippen LogP contribution in [0.2, 0.25) is 0 Å². The molecule has 3 N–H and O–H groups in total. The van der Waals surface area contributed by atoms with Gasteiger partial charge in [0, 0.05) is 12.2 Å². The molecule has 1 aliphatic carbocycles. The van der Waals surface area contributed by atoms with Crippen molar-refractivity contribution >= 4 is 15.7 Å². The normalized spacial score (nSPS) is 16.3. The van der Waals surface area contributed by atoms with Gasteiger partial charge in [0.15, 0.2) is 0 Å². The van der Waals surface area contributed by atoms with E-state index in [1.807, 2.05) is 0 Å². The lowest BCUT2D eigenvalue weighted by atomic mass is 10.2. The number of rotatable bonds is 4. The van der Waals surface area contributed by atoms with Gasteiger partial charge in [0.25, 0.3) is 0 Å². The Hall–Kier alpha value is -1.07. The van der Waals surface area contributed by atoms with Gasteiger partial charge in [-0.05, 0) is 43.4 Å². The van der Waals surface area contributed by atoms with E-state index in [4.69, 9.17) is 5.73 Å².